The van der Waals surface area contributed by atoms with Crippen molar-refractivity contribution in [2.24, 2.45) is 0 Å². The van der Waals surface area contributed by atoms with Crippen LogP contribution < -0.4 is 10.5 Å². The van der Waals surface area contributed by atoms with E-state index in [4.69, 9.17) is 10.5 Å². The summed E-state index contributed by atoms with van der Waals surface area (Å²) in [6, 6.07) is 20.2. The number of nitrogen functional groups attached to an aromatic ring is 1. The monoisotopic (exact) mass is 327 g/mol. The highest BCUT2D eigenvalue weighted by molar-refractivity contribution is 9.10. The summed E-state index contributed by atoms with van der Waals surface area (Å²) in [5, 5.41) is 2.44. The van der Waals surface area contributed by atoms with E-state index in [1.54, 1.807) is 0 Å². The average Bonchev–Trinajstić information content (AvgIpc) is 2.44. The van der Waals surface area contributed by atoms with Gasteiger partial charge in [0.25, 0.3) is 0 Å². The van der Waals surface area contributed by atoms with Gasteiger partial charge in [0.2, 0.25) is 0 Å². The molecular weight excluding hydrogens is 314 g/mol. The van der Waals surface area contributed by atoms with Crippen molar-refractivity contribution in [2.45, 2.75) is 6.61 Å². The summed E-state index contributed by atoms with van der Waals surface area (Å²) in [7, 11) is 0. The molecule has 20 heavy (non-hydrogen) atoms. The first-order valence-electron chi connectivity index (χ1n) is 6.38. The van der Waals surface area contributed by atoms with Crippen LogP contribution in [0.1, 0.15) is 5.56 Å². The number of halogens is 1. The molecule has 0 aliphatic rings. The lowest BCUT2D eigenvalue weighted by Gasteiger charge is -2.10. The molecule has 0 saturated heterocycles. The van der Waals surface area contributed by atoms with Crippen molar-refractivity contribution < 1.29 is 4.74 Å². The molecule has 3 rings (SSSR count). The Balaban J connectivity index is 1.87. The number of ether oxygens (including phenoxy) is 1. The summed E-state index contributed by atoms with van der Waals surface area (Å²) in [6.45, 7) is 0.525. The van der Waals surface area contributed by atoms with Crippen LogP contribution in [0.3, 0.4) is 0 Å². The van der Waals surface area contributed by atoms with Crippen LogP contribution in [-0.4, -0.2) is 0 Å². The van der Waals surface area contributed by atoms with Crippen LogP contribution in [-0.2, 0) is 6.61 Å². The van der Waals surface area contributed by atoms with Crippen LogP contribution in [0.15, 0.2) is 65.1 Å². The summed E-state index contributed by atoms with van der Waals surface area (Å²) in [4.78, 5) is 0. The van der Waals surface area contributed by atoms with Gasteiger partial charge in [-0.25, -0.2) is 0 Å². The van der Waals surface area contributed by atoms with E-state index >= 15 is 0 Å². The minimum absolute atomic E-state index is 0.525. The maximum absolute atomic E-state index is 5.85. The molecule has 3 aromatic rings. The maximum Gasteiger partial charge on any atom is 0.122 e. The minimum atomic E-state index is 0.525. The Bertz CT molecular complexity index is 729. The molecule has 0 atom stereocenters. The summed E-state index contributed by atoms with van der Waals surface area (Å²) < 4.78 is 6.77. The van der Waals surface area contributed by atoms with Gasteiger partial charge in [0.15, 0.2) is 0 Å². The van der Waals surface area contributed by atoms with Gasteiger partial charge < -0.3 is 10.5 Å². The standard InChI is InChI=1S/C17H14BrNO/c18-14-8-15(19)10-16(9-14)20-11-13-6-3-5-12-4-1-2-7-17(12)13/h1-10H,11,19H2. The maximum atomic E-state index is 5.85. The Morgan fingerprint density at radius 1 is 0.950 bits per heavy atom. The van der Waals surface area contributed by atoms with Gasteiger partial charge in [-0.05, 0) is 28.5 Å². The summed E-state index contributed by atoms with van der Waals surface area (Å²) in [5.41, 5.74) is 7.66. The van der Waals surface area contributed by atoms with E-state index in [9.17, 15) is 0 Å². The molecule has 2 nitrogen and oxygen atoms in total. The number of nitrogens with two attached hydrogens (primary N) is 1. The predicted octanol–water partition coefficient (Wildman–Crippen LogP) is 4.76. The zero-order valence-electron chi connectivity index (χ0n) is 10.8. The summed E-state index contributed by atoms with van der Waals surface area (Å²) in [6.07, 6.45) is 0. The number of rotatable bonds is 3. The molecule has 0 radical (unpaired) electrons. The number of anilines is 1. The Morgan fingerprint density at radius 3 is 2.60 bits per heavy atom. The smallest absolute Gasteiger partial charge is 0.122 e. The fourth-order valence-electron chi connectivity index (χ4n) is 2.25. The molecule has 0 heterocycles. The Hall–Kier alpha value is -2.00. The van der Waals surface area contributed by atoms with Gasteiger partial charge in [-0.1, -0.05) is 58.4 Å². The minimum Gasteiger partial charge on any atom is -0.489 e. The lowest BCUT2D eigenvalue weighted by Crippen LogP contribution is -1.97. The second-order valence-corrected chi connectivity index (χ2v) is 5.56. The molecule has 0 aliphatic carbocycles. The lowest BCUT2D eigenvalue weighted by molar-refractivity contribution is 0.307. The molecule has 3 aromatic carbocycles. The summed E-state index contributed by atoms with van der Waals surface area (Å²) >= 11 is 3.42. The van der Waals surface area contributed by atoms with E-state index in [0.29, 0.717) is 12.3 Å². The number of hydrogen-bond acceptors (Lipinski definition) is 2. The number of fused-ring (bicyclic) bond motifs is 1. The molecule has 0 aliphatic heterocycles. The van der Waals surface area contributed by atoms with Crippen molar-refractivity contribution in [3.05, 3.63) is 70.7 Å². The topological polar surface area (TPSA) is 35.2 Å². The number of benzene rings is 3. The fourth-order valence-corrected chi connectivity index (χ4v) is 2.74. The van der Waals surface area contributed by atoms with Crippen molar-refractivity contribution in [3.8, 4) is 5.75 Å². The molecule has 0 amide bonds. The van der Waals surface area contributed by atoms with Gasteiger partial charge >= 0.3 is 0 Å². The molecule has 0 fully saturated rings. The molecule has 100 valence electrons. The van der Waals surface area contributed by atoms with Gasteiger partial charge in [-0.3, -0.25) is 0 Å². The number of hydrogen-bond donors (Lipinski definition) is 1. The highest BCUT2D eigenvalue weighted by Crippen LogP contribution is 2.25. The van der Waals surface area contributed by atoms with Crippen LogP contribution in [0.5, 0.6) is 5.75 Å². The van der Waals surface area contributed by atoms with E-state index in [1.807, 2.05) is 30.3 Å². The van der Waals surface area contributed by atoms with Gasteiger partial charge in [-0.15, -0.1) is 0 Å². The van der Waals surface area contributed by atoms with Crippen LogP contribution in [0, 0.1) is 0 Å². The quantitative estimate of drug-likeness (QED) is 0.703. The third-order valence-electron chi connectivity index (χ3n) is 3.17. The largest absolute Gasteiger partial charge is 0.489 e. The van der Waals surface area contributed by atoms with Crippen molar-refractivity contribution in [3.63, 3.8) is 0 Å². The molecule has 0 spiro atoms. The molecular formula is C17H14BrNO. The van der Waals surface area contributed by atoms with Crippen molar-refractivity contribution >= 4 is 32.4 Å². The van der Waals surface area contributed by atoms with E-state index in [0.717, 1.165) is 10.2 Å². The molecule has 0 bridgehead atoms. The zero-order chi connectivity index (χ0) is 13.9. The van der Waals surface area contributed by atoms with Crippen molar-refractivity contribution in [1.82, 2.24) is 0 Å². The van der Waals surface area contributed by atoms with Crippen molar-refractivity contribution in [1.29, 1.82) is 0 Å². The Morgan fingerprint density at radius 2 is 1.75 bits per heavy atom. The van der Waals surface area contributed by atoms with Crippen LogP contribution in [0.25, 0.3) is 10.8 Å². The summed E-state index contributed by atoms with van der Waals surface area (Å²) in [5.74, 6) is 0.768. The SMILES string of the molecule is Nc1cc(Br)cc(OCc2cccc3ccccc23)c1. The third-order valence-corrected chi connectivity index (χ3v) is 3.63. The molecule has 0 saturated carbocycles. The van der Waals surface area contributed by atoms with E-state index in [1.165, 1.54) is 16.3 Å². The van der Waals surface area contributed by atoms with Crippen LogP contribution in [0.2, 0.25) is 0 Å². The first kappa shape index (κ1) is 13.0. The molecule has 0 unspecified atom stereocenters. The predicted molar refractivity (Wildman–Crippen MR) is 86.8 cm³/mol. The van der Waals surface area contributed by atoms with Crippen molar-refractivity contribution in [2.75, 3.05) is 5.73 Å². The highest BCUT2D eigenvalue weighted by Gasteiger charge is 2.03. The molecule has 2 N–H and O–H groups in total. The Kier molecular flexibility index (Phi) is 3.61. The van der Waals surface area contributed by atoms with Crippen LogP contribution >= 0.6 is 15.9 Å². The fraction of sp³-hybridized carbons (Fsp3) is 0.0588. The third kappa shape index (κ3) is 2.78. The van der Waals surface area contributed by atoms with E-state index in [-0.39, 0.29) is 0 Å². The lowest BCUT2D eigenvalue weighted by atomic mass is 10.1. The molecule has 0 aromatic heterocycles. The first-order valence-corrected chi connectivity index (χ1v) is 7.17. The Labute approximate surface area is 126 Å². The van der Waals surface area contributed by atoms with Gasteiger partial charge in [0.05, 0.1) is 0 Å². The normalized spacial score (nSPS) is 10.7. The first-order chi connectivity index (χ1) is 9.72. The van der Waals surface area contributed by atoms with Gasteiger partial charge in [0, 0.05) is 16.2 Å². The van der Waals surface area contributed by atoms with E-state index < -0.39 is 0 Å². The van der Waals surface area contributed by atoms with E-state index in [2.05, 4.69) is 46.3 Å². The zero-order valence-corrected chi connectivity index (χ0v) is 12.4. The second kappa shape index (κ2) is 5.55. The highest BCUT2D eigenvalue weighted by atomic mass is 79.9. The molecule has 3 heteroatoms. The van der Waals surface area contributed by atoms with Gasteiger partial charge in [-0.2, -0.15) is 0 Å². The van der Waals surface area contributed by atoms with Crippen LogP contribution in [0.4, 0.5) is 5.69 Å². The van der Waals surface area contributed by atoms with Gasteiger partial charge in [0.1, 0.15) is 12.4 Å². The second-order valence-electron chi connectivity index (χ2n) is 4.65. The average molecular weight is 328 g/mol.